The highest BCUT2D eigenvalue weighted by molar-refractivity contribution is 6.25. The molecule has 0 spiro atoms. The normalized spacial score (nSPS) is 24.6. The van der Waals surface area contributed by atoms with Crippen molar-refractivity contribution in [1.29, 1.82) is 0 Å². The summed E-state index contributed by atoms with van der Waals surface area (Å²) < 4.78 is 294. The molecular weight excluding hydrogens is 655 g/mol. The van der Waals surface area contributed by atoms with Gasteiger partial charge in [-0.3, -0.25) is 0 Å². The first kappa shape index (κ1) is 12.6. The molecule has 3 heteroatoms. The molecule has 0 bridgehead atoms. The Morgan fingerprint density at radius 1 is 0.407 bits per heavy atom. The van der Waals surface area contributed by atoms with Gasteiger partial charge in [0.1, 0.15) is 0 Å². The van der Waals surface area contributed by atoms with Gasteiger partial charge in [0.2, 0.25) is 0 Å². The molecule has 1 aromatic heterocycles. The van der Waals surface area contributed by atoms with Crippen LogP contribution in [0.5, 0.6) is 0 Å². The molecule has 0 saturated carbocycles. The molecule has 0 fully saturated rings. The molecule has 0 aliphatic heterocycles. The van der Waals surface area contributed by atoms with Crippen molar-refractivity contribution in [3.63, 3.8) is 0 Å². The Morgan fingerprint density at radius 3 is 1.46 bits per heavy atom. The van der Waals surface area contributed by atoms with Crippen LogP contribution in [0.2, 0.25) is 0 Å². The van der Waals surface area contributed by atoms with Crippen LogP contribution in [0.4, 0.5) is 0 Å². The summed E-state index contributed by atoms with van der Waals surface area (Å²) in [5.74, 6) is -4.74. The number of aromatic nitrogens is 3. The zero-order chi connectivity index (χ0) is 64.6. The van der Waals surface area contributed by atoms with Gasteiger partial charge in [0.25, 0.3) is 0 Å². The van der Waals surface area contributed by atoms with Crippen LogP contribution in [-0.4, -0.2) is 15.0 Å². The first-order chi connectivity index (χ1) is 40.5. The minimum absolute atomic E-state index is 0.486. The van der Waals surface area contributed by atoms with E-state index in [-0.39, 0.29) is 0 Å². The van der Waals surface area contributed by atoms with Crippen LogP contribution >= 0.6 is 0 Å². The summed E-state index contributed by atoms with van der Waals surface area (Å²) in [5, 5.41) is -3.26. The molecule has 0 saturated heterocycles. The maximum absolute atomic E-state index is 9.75. The second-order valence-electron chi connectivity index (χ2n) is 11.3. The fourth-order valence-electron chi connectivity index (χ4n) is 5.62. The van der Waals surface area contributed by atoms with Crippen LogP contribution in [0.15, 0.2) is 193 Å². The van der Waals surface area contributed by atoms with Crippen molar-refractivity contribution in [2.24, 2.45) is 0 Å². The zero-order valence-electron chi connectivity index (χ0n) is 60.0. The molecule has 1 heterocycles. The first-order valence-electron chi connectivity index (χ1n) is 32.4. The van der Waals surface area contributed by atoms with Gasteiger partial charge in [-0.05, 0) is 78.6 Å². The number of allylic oxidation sites excluding steroid dienone is 4. The number of hydrogen-bond acceptors (Lipinski definition) is 3. The molecule has 8 aromatic carbocycles. The van der Waals surface area contributed by atoms with Gasteiger partial charge in [-0.1, -0.05) is 181 Å². The molecule has 0 amide bonds. The predicted molar refractivity (Wildman–Crippen MR) is 225 cm³/mol. The fraction of sp³-hybridized carbons (Fsp3) is 0.0392. The molecule has 10 rings (SSSR count). The maximum atomic E-state index is 9.75. The average Bonchev–Trinajstić information content (AvgIpc) is 0.721. The maximum Gasteiger partial charge on any atom is 0.164 e. The topological polar surface area (TPSA) is 38.7 Å². The summed E-state index contributed by atoms with van der Waals surface area (Å²) in [5.41, 5.74) is -6.96. The Labute approximate surface area is 361 Å². The van der Waals surface area contributed by atoms with E-state index in [9.17, 15) is 13.7 Å². The van der Waals surface area contributed by atoms with Crippen molar-refractivity contribution in [2.45, 2.75) is 12.3 Å². The number of benzene rings is 8. The summed E-state index contributed by atoms with van der Waals surface area (Å²) >= 11 is 0. The van der Waals surface area contributed by atoms with E-state index < -0.39 is 300 Å². The molecule has 9 aromatic rings. The molecule has 54 heavy (non-hydrogen) atoms. The van der Waals surface area contributed by atoms with Gasteiger partial charge in [-0.25, -0.2) is 15.0 Å². The van der Waals surface area contributed by atoms with Gasteiger partial charge in [-0.15, -0.1) is 0 Å². The second kappa shape index (κ2) is 13.5. The van der Waals surface area contributed by atoms with Crippen molar-refractivity contribution in [1.82, 2.24) is 15.0 Å². The molecular formula is C51H35N3. The van der Waals surface area contributed by atoms with E-state index in [0.717, 1.165) is 0 Å². The van der Waals surface area contributed by atoms with E-state index in [1.54, 1.807) is 0 Å². The third-order valence-corrected chi connectivity index (χ3v) is 8.07. The number of hydrogen-bond donors (Lipinski definition) is 0. The predicted octanol–water partition coefficient (Wildman–Crippen LogP) is 13.1. The monoisotopic (exact) mass is 722 g/mol. The minimum Gasteiger partial charge on any atom is -0.208 e. The zero-order valence-corrected chi connectivity index (χ0v) is 27.0. The van der Waals surface area contributed by atoms with Gasteiger partial charge in [0.05, 0.1) is 43.9 Å². The van der Waals surface area contributed by atoms with E-state index in [2.05, 4.69) is 15.0 Å². The molecule has 254 valence electrons. The highest BCUT2D eigenvalue weighted by Gasteiger charge is 2.17. The first-order valence-corrected chi connectivity index (χ1v) is 15.8. The van der Waals surface area contributed by atoms with Gasteiger partial charge < -0.3 is 0 Å². The van der Waals surface area contributed by atoms with Crippen molar-refractivity contribution in [3.05, 3.63) is 205 Å². The SMILES string of the molecule is [2H]C1=C([2H])C([2H])C(c2c([2H])c([2H])c3c4c([2H])c([2H])c([2H])c([2H])c4c4c([2H])c([2H])c([2H])c([2H])c4c3c2[2H])C([2H])=C1c1c([2H])c([2H])c([2H])c(-c2c([2H])c([2H])c(-c3nc(-c4c([2H])c([2H])c([2H])c([2H])c4[2H])nc(-c4c([2H])c([2H])c([2H])c([2H])c4[2H])n3)c([2H])c2[2H])c1[2H]. The Bertz CT molecular complexity index is 4590. The minimum atomic E-state index is -2.16. The van der Waals surface area contributed by atoms with Gasteiger partial charge in [0, 0.05) is 24.0 Å². The summed E-state index contributed by atoms with van der Waals surface area (Å²) in [4.78, 5) is 12.5. The van der Waals surface area contributed by atoms with Crippen molar-refractivity contribution in [3.8, 4) is 45.3 Å². The largest absolute Gasteiger partial charge is 0.208 e. The highest BCUT2D eigenvalue weighted by Crippen LogP contribution is 2.39. The van der Waals surface area contributed by atoms with Gasteiger partial charge in [0.15, 0.2) is 17.5 Å². The molecule has 2 atom stereocenters. The van der Waals surface area contributed by atoms with Crippen LogP contribution in [0.3, 0.4) is 0 Å². The lowest BCUT2D eigenvalue weighted by molar-refractivity contribution is 0.859. The second-order valence-corrected chi connectivity index (χ2v) is 11.3. The lowest BCUT2D eigenvalue weighted by atomic mass is 9.85. The standard InChI is InChI=1S/C51H35N3/c1-3-13-35(14-4-1)49-52-50(36-15-5-2-6-16-36)54-51(53-49)37-27-25-34(26-28-37)38-17-11-18-39(31-38)40-19-12-20-41(32-40)42-29-30-47-45-23-8-7-21-43(45)44-22-9-10-24-46(44)48(47)33-42/h1-19,21-33,41H,20H2/i1D,2D,3D,4D,5D,6D,7D,8D,9D,10D,11D,12D,13D,14D,15D,16D,17D,18D,19D,20D,21D,22D,23D,24D,25D,26D,27D,28D,29D,30D,31D,32D,33D. The van der Waals surface area contributed by atoms with Crippen LogP contribution in [0, 0.1) is 0 Å². The summed E-state index contributed by atoms with van der Waals surface area (Å²) in [7, 11) is 0. The van der Waals surface area contributed by atoms with Gasteiger partial charge >= 0.3 is 0 Å². The summed E-state index contributed by atoms with van der Waals surface area (Å²) in [6, 6.07) is -30.8. The van der Waals surface area contributed by atoms with Crippen LogP contribution in [0.25, 0.3) is 83.2 Å². The summed E-state index contributed by atoms with van der Waals surface area (Å²) in [6.07, 6.45) is -2.16. The fourth-order valence-corrected chi connectivity index (χ4v) is 5.62. The summed E-state index contributed by atoms with van der Waals surface area (Å²) in [6.45, 7) is 0. The smallest absolute Gasteiger partial charge is 0.164 e. The van der Waals surface area contributed by atoms with Crippen molar-refractivity contribution >= 4 is 37.9 Å². The van der Waals surface area contributed by atoms with E-state index in [1.807, 2.05) is 0 Å². The van der Waals surface area contributed by atoms with E-state index in [0.29, 0.717) is 0 Å². The Morgan fingerprint density at radius 2 is 0.870 bits per heavy atom. The van der Waals surface area contributed by atoms with Crippen molar-refractivity contribution < 1.29 is 45.2 Å². The average molecular weight is 723 g/mol. The quantitative estimate of drug-likeness (QED) is 0.160. The lowest BCUT2D eigenvalue weighted by Crippen LogP contribution is -2.00. The molecule has 1 aliphatic carbocycles. The van der Waals surface area contributed by atoms with E-state index in [1.165, 1.54) is 0 Å². The molecule has 2 unspecified atom stereocenters. The van der Waals surface area contributed by atoms with Gasteiger partial charge in [-0.2, -0.15) is 0 Å². The Kier molecular flexibility index (Phi) is 3.15. The van der Waals surface area contributed by atoms with Crippen LogP contribution in [-0.2, 0) is 0 Å². The number of nitrogens with zero attached hydrogens (tertiary/aromatic N) is 3. The Hall–Kier alpha value is -6.97. The van der Waals surface area contributed by atoms with Crippen molar-refractivity contribution in [2.75, 3.05) is 0 Å². The van der Waals surface area contributed by atoms with E-state index >= 15 is 0 Å². The molecule has 3 nitrogen and oxygen atoms in total. The Balaban J connectivity index is 1.25. The molecule has 0 radical (unpaired) electrons. The third-order valence-electron chi connectivity index (χ3n) is 8.07. The van der Waals surface area contributed by atoms with E-state index in [4.69, 9.17) is 31.5 Å². The number of rotatable bonds is 6. The number of fused-ring (bicyclic) bond motifs is 6. The van der Waals surface area contributed by atoms with Crippen LogP contribution < -0.4 is 0 Å². The lowest BCUT2D eigenvalue weighted by Gasteiger charge is -2.19. The highest BCUT2D eigenvalue weighted by atomic mass is 15.0. The van der Waals surface area contributed by atoms with Crippen LogP contribution in [0.1, 0.15) is 68.7 Å². The molecule has 0 N–H and O–H groups in total. The third kappa shape index (κ3) is 5.86. The molecule has 1 aliphatic rings.